The van der Waals surface area contributed by atoms with Crippen molar-refractivity contribution in [1.29, 1.82) is 0 Å². The van der Waals surface area contributed by atoms with E-state index < -0.39 is 0 Å². The molecule has 26 heavy (non-hydrogen) atoms. The van der Waals surface area contributed by atoms with E-state index >= 15 is 0 Å². The highest BCUT2D eigenvalue weighted by atomic mass is 79.9. The van der Waals surface area contributed by atoms with Gasteiger partial charge in [-0.25, -0.2) is 9.38 Å². The summed E-state index contributed by atoms with van der Waals surface area (Å²) in [5.74, 6) is -0.424. The molecule has 2 aromatic carbocycles. The van der Waals surface area contributed by atoms with Gasteiger partial charge in [-0.05, 0) is 36.4 Å². The average Bonchev–Trinajstić information content (AvgIpc) is 2.95. The van der Waals surface area contributed by atoms with Crippen molar-refractivity contribution in [3.63, 3.8) is 0 Å². The van der Waals surface area contributed by atoms with Crippen molar-refractivity contribution in [3.8, 4) is 5.88 Å². The first-order chi connectivity index (χ1) is 12.6. The van der Waals surface area contributed by atoms with E-state index in [1.807, 2.05) is 18.2 Å². The summed E-state index contributed by atoms with van der Waals surface area (Å²) in [6.07, 6.45) is 3.02. The number of aromatic amines is 1. The lowest BCUT2D eigenvalue weighted by molar-refractivity contribution is 0.457. The number of nitrogens with one attached hydrogen (secondary N) is 1. The quantitative estimate of drug-likeness (QED) is 0.479. The fraction of sp³-hybridized carbons (Fsp3) is 0. The Balaban J connectivity index is 2.02. The maximum absolute atomic E-state index is 13.8. The molecule has 7 heteroatoms. The molecule has 0 amide bonds. The van der Waals surface area contributed by atoms with Crippen LogP contribution >= 0.6 is 15.9 Å². The van der Waals surface area contributed by atoms with Crippen molar-refractivity contribution in [2.45, 2.75) is 0 Å². The van der Waals surface area contributed by atoms with E-state index in [0.717, 1.165) is 15.4 Å². The van der Waals surface area contributed by atoms with Crippen molar-refractivity contribution in [3.05, 3.63) is 82.3 Å². The molecule has 4 rings (SSSR count). The fourth-order valence-corrected chi connectivity index (χ4v) is 3.13. The number of hydrogen-bond donors (Lipinski definition) is 2. The topological polar surface area (TPSA) is 74.2 Å². The summed E-state index contributed by atoms with van der Waals surface area (Å²) >= 11 is 3.45. The Bertz CT molecular complexity index is 1130. The molecule has 0 aliphatic heterocycles. The van der Waals surface area contributed by atoms with Crippen LogP contribution in [0.2, 0.25) is 0 Å². The lowest BCUT2D eigenvalue weighted by atomic mass is 10.0. The highest BCUT2D eigenvalue weighted by Gasteiger charge is 2.19. The molecular weight excluding hydrogens is 399 g/mol. The number of hydrogen-bond acceptors (Lipinski definition) is 4. The van der Waals surface area contributed by atoms with Crippen molar-refractivity contribution in [2.75, 3.05) is 0 Å². The van der Waals surface area contributed by atoms with Crippen molar-refractivity contribution >= 4 is 38.2 Å². The highest BCUT2D eigenvalue weighted by Crippen LogP contribution is 2.33. The van der Waals surface area contributed by atoms with E-state index in [1.165, 1.54) is 24.5 Å². The Labute approximate surface area is 156 Å². The van der Waals surface area contributed by atoms with Crippen LogP contribution < -0.4 is 0 Å². The molecule has 2 heterocycles. The van der Waals surface area contributed by atoms with E-state index in [-0.39, 0.29) is 11.7 Å². The third-order valence-corrected chi connectivity index (χ3v) is 4.38. The molecule has 5 nitrogen and oxygen atoms in total. The van der Waals surface area contributed by atoms with Gasteiger partial charge in [0.2, 0.25) is 0 Å². The summed E-state index contributed by atoms with van der Waals surface area (Å²) in [5, 5.41) is 18.9. The number of aliphatic imine (C=N–C) groups is 1. The summed E-state index contributed by atoms with van der Waals surface area (Å²) in [5.41, 5.74) is 2.75. The minimum Gasteiger partial charge on any atom is -0.494 e. The summed E-state index contributed by atoms with van der Waals surface area (Å²) in [6, 6.07) is 13.4. The van der Waals surface area contributed by atoms with Crippen molar-refractivity contribution in [2.24, 2.45) is 4.99 Å². The van der Waals surface area contributed by atoms with Crippen LogP contribution in [0, 0.1) is 5.82 Å². The number of H-pyrrole nitrogens is 1. The van der Waals surface area contributed by atoms with Crippen LogP contribution in [0.3, 0.4) is 0 Å². The van der Waals surface area contributed by atoms with Crippen LogP contribution in [0.25, 0.3) is 10.9 Å². The van der Waals surface area contributed by atoms with Crippen LogP contribution in [0.4, 0.5) is 10.1 Å². The second kappa shape index (κ2) is 6.68. The second-order valence-corrected chi connectivity index (χ2v) is 6.53. The van der Waals surface area contributed by atoms with Crippen LogP contribution in [-0.4, -0.2) is 26.0 Å². The maximum atomic E-state index is 13.8. The summed E-state index contributed by atoms with van der Waals surface area (Å²) < 4.78 is 14.7. The number of fused-ring (bicyclic) bond motifs is 1. The summed E-state index contributed by atoms with van der Waals surface area (Å²) in [4.78, 5) is 7.54. The van der Waals surface area contributed by atoms with Gasteiger partial charge in [-0.15, -0.1) is 0 Å². The summed E-state index contributed by atoms with van der Waals surface area (Å²) in [6.45, 7) is 0. The number of aromatic nitrogens is 3. The van der Waals surface area contributed by atoms with Crippen molar-refractivity contribution < 1.29 is 9.50 Å². The molecule has 0 saturated heterocycles. The van der Waals surface area contributed by atoms with Gasteiger partial charge in [0.1, 0.15) is 5.82 Å². The highest BCUT2D eigenvalue weighted by molar-refractivity contribution is 9.10. The van der Waals surface area contributed by atoms with Crippen LogP contribution in [-0.2, 0) is 0 Å². The van der Waals surface area contributed by atoms with E-state index in [4.69, 9.17) is 0 Å². The molecule has 0 atom stereocenters. The first-order valence-electron chi connectivity index (χ1n) is 7.74. The molecule has 0 radical (unpaired) electrons. The number of nitrogens with zero attached hydrogens (tertiary/aromatic N) is 3. The van der Waals surface area contributed by atoms with Gasteiger partial charge in [-0.2, -0.15) is 10.2 Å². The zero-order valence-electron chi connectivity index (χ0n) is 13.3. The number of aromatic hydroxyl groups is 1. The number of benzene rings is 2. The van der Waals surface area contributed by atoms with Gasteiger partial charge in [-0.1, -0.05) is 28.1 Å². The predicted molar refractivity (Wildman–Crippen MR) is 101 cm³/mol. The van der Waals surface area contributed by atoms with Gasteiger partial charge in [-0.3, -0.25) is 0 Å². The Morgan fingerprint density at radius 3 is 2.77 bits per heavy atom. The lowest BCUT2D eigenvalue weighted by Gasteiger charge is -2.08. The smallest absolute Gasteiger partial charge is 0.199 e. The van der Waals surface area contributed by atoms with Gasteiger partial charge in [0.25, 0.3) is 0 Å². The molecular formula is C19H12BrFN4O. The van der Waals surface area contributed by atoms with E-state index in [1.54, 1.807) is 18.2 Å². The van der Waals surface area contributed by atoms with Crippen LogP contribution in [0.15, 0.2) is 70.4 Å². The Kier molecular flexibility index (Phi) is 4.22. The minimum absolute atomic E-state index is 0.0388. The average molecular weight is 411 g/mol. The maximum Gasteiger partial charge on any atom is 0.199 e. The van der Waals surface area contributed by atoms with Crippen LogP contribution in [0.1, 0.15) is 11.1 Å². The predicted octanol–water partition coefficient (Wildman–Crippen LogP) is 4.73. The molecule has 0 fully saturated rings. The SMILES string of the molecule is Oc1[nH]c2ccc(Br)cc2c1C(=Nc1ccnnc1)c1cccc(F)c1. The molecule has 0 spiro atoms. The van der Waals surface area contributed by atoms with Gasteiger partial charge >= 0.3 is 0 Å². The minimum atomic E-state index is -0.386. The Morgan fingerprint density at radius 2 is 2.00 bits per heavy atom. The van der Waals surface area contributed by atoms with E-state index in [2.05, 4.69) is 36.1 Å². The van der Waals surface area contributed by atoms with E-state index in [0.29, 0.717) is 22.5 Å². The molecule has 0 aliphatic carbocycles. The Morgan fingerprint density at radius 1 is 1.12 bits per heavy atom. The molecule has 0 aliphatic rings. The zero-order valence-corrected chi connectivity index (χ0v) is 14.9. The third-order valence-electron chi connectivity index (χ3n) is 3.89. The molecule has 2 N–H and O–H groups in total. The van der Waals surface area contributed by atoms with E-state index in [9.17, 15) is 9.50 Å². The van der Waals surface area contributed by atoms with Gasteiger partial charge in [0, 0.05) is 20.9 Å². The molecule has 128 valence electrons. The number of halogens is 2. The second-order valence-electron chi connectivity index (χ2n) is 5.61. The Hall–Kier alpha value is -3.06. The third kappa shape index (κ3) is 3.09. The monoisotopic (exact) mass is 410 g/mol. The lowest BCUT2D eigenvalue weighted by Crippen LogP contribution is -2.03. The standard InChI is InChI=1S/C19H12BrFN4O/c20-12-4-5-16-15(9-12)17(19(26)25-16)18(11-2-1-3-13(21)8-11)24-14-6-7-22-23-10-14/h1-10,25-26H. The normalized spacial score (nSPS) is 11.8. The van der Waals surface area contributed by atoms with Gasteiger partial charge in [0.05, 0.1) is 29.4 Å². The zero-order chi connectivity index (χ0) is 18.1. The van der Waals surface area contributed by atoms with Crippen molar-refractivity contribution in [1.82, 2.24) is 15.2 Å². The summed E-state index contributed by atoms with van der Waals surface area (Å²) in [7, 11) is 0. The van der Waals surface area contributed by atoms with Gasteiger partial charge < -0.3 is 10.1 Å². The molecule has 4 aromatic rings. The molecule has 0 unspecified atom stereocenters. The first-order valence-corrected chi connectivity index (χ1v) is 8.53. The van der Waals surface area contributed by atoms with Crippen LogP contribution in [0.5, 0.6) is 5.88 Å². The van der Waals surface area contributed by atoms with Gasteiger partial charge in [0.15, 0.2) is 5.88 Å². The molecule has 0 bridgehead atoms. The largest absolute Gasteiger partial charge is 0.494 e. The first kappa shape index (κ1) is 16.4. The molecule has 0 saturated carbocycles. The molecule has 2 aromatic heterocycles. The fourth-order valence-electron chi connectivity index (χ4n) is 2.77. The number of rotatable bonds is 3.